The largest absolute Gasteiger partial charge is 0.302 e. The van der Waals surface area contributed by atoms with Gasteiger partial charge < -0.3 is 5.32 Å². The van der Waals surface area contributed by atoms with Crippen LogP contribution < -0.4 is 5.32 Å². The van der Waals surface area contributed by atoms with Crippen LogP contribution >= 0.6 is 0 Å². The lowest BCUT2D eigenvalue weighted by Gasteiger charge is -2.24. The third kappa shape index (κ3) is 1.71. The van der Waals surface area contributed by atoms with Crippen molar-refractivity contribution in [3.63, 3.8) is 0 Å². The molecule has 0 aromatic carbocycles. The molecule has 2 heteroatoms. The zero-order valence-electron chi connectivity index (χ0n) is 6.43. The van der Waals surface area contributed by atoms with Gasteiger partial charge in [-0.25, -0.2) is 0 Å². The third-order valence-electron chi connectivity index (χ3n) is 2.25. The Morgan fingerprint density at radius 1 is 1.60 bits per heavy atom. The van der Waals surface area contributed by atoms with Crippen LogP contribution in [0.1, 0.15) is 26.2 Å². The van der Waals surface area contributed by atoms with Gasteiger partial charge in [-0.3, -0.25) is 0 Å². The Morgan fingerprint density at radius 2 is 2.40 bits per heavy atom. The van der Waals surface area contributed by atoms with E-state index in [2.05, 4.69) is 18.3 Å². The Hall–Kier alpha value is -0.550. The molecule has 1 aliphatic rings. The molecule has 1 saturated heterocycles. The number of hydrogen-bond donors (Lipinski definition) is 1. The van der Waals surface area contributed by atoms with Gasteiger partial charge in [0.25, 0.3) is 0 Å². The van der Waals surface area contributed by atoms with E-state index in [9.17, 15) is 0 Å². The minimum absolute atomic E-state index is 0.128. The van der Waals surface area contributed by atoms with E-state index >= 15 is 0 Å². The van der Waals surface area contributed by atoms with Crippen molar-refractivity contribution >= 4 is 0 Å². The molecule has 10 heavy (non-hydrogen) atoms. The molecular formula is C8H14N2. The van der Waals surface area contributed by atoms with Crippen LogP contribution in [-0.2, 0) is 0 Å². The Labute approximate surface area is 62.2 Å². The Bertz CT molecular complexity index is 129. The van der Waals surface area contributed by atoms with Crippen LogP contribution in [0.4, 0.5) is 0 Å². The van der Waals surface area contributed by atoms with E-state index in [1.165, 1.54) is 12.8 Å². The van der Waals surface area contributed by atoms with Crippen LogP contribution in [0.15, 0.2) is 0 Å². The maximum Gasteiger partial charge on any atom is 0.0953 e. The van der Waals surface area contributed by atoms with E-state index in [4.69, 9.17) is 5.26 Å². The van der Waals surface area contributed by atoms with Gasteiger partial charge in [0.05, 0.1) is 12.1 Å². The molecule has 2 nitrogen and oxygen atoms in total. The second-order valence-corrected chi connectivity index (χ2v) is 2.94. The lowest BCUT2D eigenvalue weighted by molar-refractivity contribution is 0.337. The quantitative estimate of drug-likeness (QED) is 0.592. The van der Waals surface area contributed by atoms with E-state index in [1.54, 1.807) is 0 Å². The molecule has 1 fully saturated rings. The normalized spacial score (nSPS) is 33.2. The van der Waals surface area contributed by atoms with Gasteiger partial charge in [-0.15, -0.1) is 0 Å². The summed E-state index contributed by atoms with van der Waals surface area (Å²) in [4.78, 5) is 0. The second-order valence-electron chi connectivity index (χ2n) is 2.94. The monoisotopic (exact) mass is 138 g/mol. The SMILES string of the molecule is CCC1CC[C@@H](C#N)NC1. The molecule has 1 rings (SSSR count). The number of nitriles is 1. The number of nitrogens with one attached hydrogen (secondary N) is 1. The predicted octanol–water partition coefficient (Wildman–Crippen LogP) is 1.29. The molecule has 1 heterocycles. The smallest absolute Gasteiger partial charge is 0.0953 e. The highest BCUT2D eigenvalue weighted by Gasteiger charge is 2.17. The fraction of sp³-hybridized carbons (Fsp3) is 0.875. The van der Waals surface area contributed by atoms with E-state index in [1.807, 2.05) is 0 Å². The van der Waals surface area contributed by atoms with Gasteiger partial charge in [-0.05, 0) is 25.3 Å². The van der Waals surface area contributed by atoms with E-state index in [0.29, 0.717) is 0 Å². The van der Waals surface area contributed by atoms with Crippen LogP contribution in [0.2, 0.25) is 0 Å². The molecular weight excluding hydrogens is 124 g/mol. The fourth-order valence-corrected chi connectivity index (χ4v) is 1.37. The summed E-state index contributed by atoms with van der Waals surface area (Å²) >= 11 is 0. The molecule has 0 amide bonds. The standard InChI is InChI=1S/C8H14N2/c1-2-7-3-4-8(5-9)10-6-7/h7-8,10H,2-4,6H2,1H3/t7?,8-/m0/s1. The summed E-state index contributed by atoms with van der Waals surface area (Å²) in [6.45, 7) is 3.24. The van der Waals surface area contributed by atoms with Crippen molar-refractivity contribution in [1.82, 2.24) is 5.32 Å². The van der Waals surface area contributed by atoms with Crippen molar-refractivity contribution < 1.29 is 0 Å². The second kappa shape index (κ2) is 3.58. The number of hydrogen-bond acceptors (Lipinski definition) is 2. The minimum atomic E-state index is 0.128. The molecule has 0 aromatic heterocycles. The molecule has 0 saturated carbocycles. The van der Waals surface area contributed by atoms with Crippen LogP contribution in [0.25, 0.3) is 0 Å². The maximum absolute atomic E-state index is 8.54. The van der Waals surface area contributed by atoms with Crippen molar-refractivity contribution in [2.75, 3.05) is 6.54 Å². The summed E-state index contributed by atoms with van der Waals surface area (Å²) in [5.74, 6) is 0.810. The molecule has 0 spiro atoms. The van der Waals surface area contributed by atoms with Crippen LogP contribution in [-0.4, -0.2) is 12.6 Å². The van der Waals surface area contributed by atoms with Gasteiger partial charge in [-0.1, -0.05) is 13.3 Å². The molecule has 0 aromatic rings. The van der Waals surface area contributed by atoms with E-state index in [0.717, 1.165) is 18.9 Å². The molecule has 0 aliphatic carbocycles. The van der Waals surface area contributed by atoms with Crippen molar-refractivity contribution in [1.29, 1.82) is 5.26 Å². The summed E-state index contributed by atoms with van der Waals surface area (Å²) in [5, 5.41) is 11.7. The molecule has 1 unspecified atom stereocenters. The number of nitrogens with zero attached hydrogens (tertiary/aromatic N) is 1. The zero-order valence-corrected chi connectivity index (χ0v) is 6.43. The highest BCUT2D eigenvalue weighted by Crippen LogP contribution is 2.16. The zero-order chi connectivity index (χ0) is 7.40. The maximum atomic E-state index is 8.54. The Balaban J connectivity index is 2.25. The average Bonchev–Trinajstić information content (AvgIpc) is 2.05. The fourth-order valence-electron chi connectivity index (χ4n) is 1.37. The first kappa shape index (κ1) is 7.56. The summed E-state index contributed by atoms with van der Waals surface area (Å²) < 4.78 is 0. The van der Waals surface area contributed by atoms with Gasteiger partial charge in [-0.2, -0.15) is 5.26 Å². The minimum Gasteiger partial charge on any atom is -0.302 e. The van der Waals surface area contributed by atoms with Gasteiger partial charge >= 0.3 is 0 Å². The summed E-state index contributed by atoms with van der Waals surface area (Å²) in [5.41, 5.74) is 0. The van der Waals surface area contributed by atoms with Crippen LogP contribution in [0.5, 0.6) is 0 Å². The van der Waals surface area contributed by atoms with Gasteiger partial charge in [0.1, 0.15) is 0 Å². The predicted molar refractivity (Wildman–Crippen MR) is 40.4 cm³/mol. The van der Waals surface area contributed by atoms with E-state index in [-0.39, 0.29) is 6.04 Å². The topological polar surface area (TPSA) is 35.8 Å². The first-order valence-electron chi connectivity index (χ1n) is 3.99. The number of rotatable bonds is 1. The van der Waals surface area contributed by atoms with Gasteiger partial charge in [0, 0.05) is 0 Å². The van der Waals surface area contributed by atoms with Gasteiger partial charge in [0.2, 0.25) is 0 Å². The van der Waals surface area contributed by atoms with Crippen LogP contribution in [0, 0.1) is 17.2 Å². The molecule has 1 aliphatic heterocycles. The van der Waals surface area contributed by atoms with Crippen molar-refractivity contribution in [3.8, 4) is 6.07 Å². The lowest BCUT2D eigenvalue weighted by atomic mass is 9.93. The van der Waals surface area contributed by atoms with Crippen molar-refractivity contribution in [3.05, 3.63) is 0 Å². The Kier molecular flexibility index (Phi) is 2.70. The molecule has 0 radical (unpaired) electrons. The summed E-state index contributed by atoms with van der Waals surface area (Å²) in [7, 11) is 0. The summed E-state index contributed by atoms with van der Waals surface area (Å²) in [6.07, 6.45) is 3.50. The average molecular weight is 138 g/mol. The molecule has 2 atom stereocenters. The number of piperidine rings is 1. The van der Waals surface area contributed by atoms with Crippen molar-refractivity contribution in [2.24, 2.45) is 5.92 Å². The highest BCUT2D eigenvalue weighted by molar-refractivity contribution is 4.93. The molecule has 0 bridgehead atoms. The van der Waals surface area contributed by atoms with Crippen molar-refractivity contribution in [2.45, 2.75) is 32.2 Å². The first-order chi connectivity index (χ1) is 4.86. The lowest BCUT2D eigenvalue weighted by Crippen LogP contribution is -2.37. The first-order valence-corrected chi connectivity index (χ1v) is 3.99. The molecule has 56 valence electrons. The molecule has 1 N–H and O–H groups in total. The third-order valence-corrected chi connectivity index (χ3v) is 2.25. The van der Waals surface area contributed by atoms with Crippen LogP contribution in [0.3, 0.4) is 0 Å². The highest BCUT2D eigenvalue weighted by atomic mass is 14.9. The van der Waals surface area contributed by atoms with Gasteiger partial charge in [0.15, 0.2) is 0 Å². The Morgan fingerprint density at radius 3 is 2.80 bits per heavy atom. The van der Waals surface area contributed by atoms with E-state index < -0.39 is 0 Å². The summed E-state index contributed by atoms with van der Waals surface area (Å²) in [6, 6.07) is 2.37.